The Balaban J connectivity index is 1.38. The lowest BCUT2D eigenvalue weighted by atomic mass is 10.1. The molecule has 9 nitrogen and oxygen atoms in total. The summed E-state index contributed by atoms with van der Waals surface area (Å²) < 4.78 is 11.8. The highest BCUT2D eigenvalue weighted by Gasteiger charge is 2.24. The highest BCUT2D eigenvalue weighted by molar-refractivity contribution is 5.78. The molecule has 1 heterocycles. The molecule has 5 rings (SSSR count). The average molecular weight is 679 g/mol. The van der Waals surface area contributed by atoms with Crippen LogP contribution in [0.3, 0.4) is 0 Å². The molecular formula is C41H50N4O5. The van der Waals surface area contributed by atoms with Crippen LogP contribution in [0.15, 0.2) is 121 Å². The number of nitrogens with zero attached hydrogens (tertiary/aromatic N) is 4. The van der Waals surface area contributed by atoms with Crippen LogP contribution in [0.4, 0.5) is 0 Å². The maximum absolute atomic E-state index is 14.0. The van der Waals surface area contributed by atoms with E-state index in [4.69, 9.17) is 9.47 Å². The molecule has 1 saturated heterocycles. The van der Waals surface area contributed by atoms with Crippen molar-refractivity contribution in [3.05, 3.63) is 144 Å². The van der Waals surface area contributed by atoms with Gasteiger partial charge < -0.3 is 24.4 Å². The van der Waals surface area contributed by atoms with Crippen LogP contribution in [0.5, 0.6) is 0 Å². The lowest BCUT2D eigenvalue weighted by molar-refractivity contribution is -0.134. The van der Waals surface area contributed by atoms with Gasteiger partial charge in [0.15, 0.2) is 0 Å². The van der Waals surface area contributed by atoms with Crippen LogP contribution < -0.4 is 0 Å². The van der Waals surface area contributed by atoms with Crippen LogP contribution in [0, 0.1) is 0 Å². The van der Waals surface area contributed by atoms with Gasteiger partial charge in [-0.25, -0.2) is 0 Å². The van der Waals surface area contributed by atoms with Crippen molar-refractivity contribution in [2.45, 2.75) is 32.3 Å². The number of benzene rings is 4. The van der Waals surface area contributed by atoms with E-state index in [-0.39, 0.29) is 38.0 Å². The quantitative estimate of drug-likeness (QED) is 0.295. The number of rotatable bonds is 8. The third-order valence-electron chi connectivity index (χ3n) is 8.67. The molecule has 1 aliphatic heterocycles. The second kappa shape index (κ2) is 20.3. The molecule has 2 amide bonds. The molecule has 264 valence electrons. The van der Waals surface area contributed by atoms with Gasteiger partial charge in [0, 0.05) is 52.4 Å². The van der Waals surface area contributed by atoms with E-state index in [1.807, 2.05) is 141 Å². The van der Waals surface area contributed by atoms with E-state index in [0.717, 1.165) is 22.3 Å². The molecule has 9 heteroatoms. The maximum atomic E-state index is 14.0. The van der Waals surface area contributed by atoms with Gasteiger partial charge >= 0.3 is 0 Å². The third-order valence-corrected chi connectivity index (χ3v) is 8.67. The molecule has 0 bridgehead atoms. The smallest absolute Gasteiger partial charge is 0.237 e. The Morgan fingerprint density at radius 1 is 0.480 bits per heavy atom. The van der Waals surface area contributed by atoms with Gasteiger partial charge in [0.05, 0.1) is 45.6 Å². The first-order valence-corrected chi connectivity index (χ1v) is 17.5. The first-order valence-electron chi connectivity index (χ1n) is 17.5. The second-order valence-corrected chi connectivity index (χ2v) is 12.8. The van der Waals surface area contributed by atoms with Gasteiger partial charge in [-0.05, 0) is 22.3 Å². The summed E-state index contributed by atoms with van der Waals surface area (Å²) in [7, 11) is 0. The van der Waals surface area contributed by atoms with Gasteiger partial charge in [0.25, 0.3) is 0 Å². The van der Waals surface area contributed by atoms with Gasteiger partial charge in [-0.1, -0.05) is 121 Å². The summed E-state index contributed by atoms with van der Waals surface area (Å²) in [5.41, 5.74) is 4.19. The van der Waals surface area contributed by atoms with Crippen molar-refractivity contribution in [1.29, 1.82) is 0 Å². The molecular weight excluding hydrogens is 628 g/mol. The number of hydrogen-bond donors (Lipinski definition) is 1. The van der Waals surface area contributed by atoms with Crippen molar-refractivity contribution in [3.8, 4) is 0 Å². The Bertz CT molecular complexity index is 1430. The fraction of sp³-hybridized carbons (Fsp3) is 0.366. The van der Waals surface area contributed by atoms with E-state index >= 15 is 0 Å². The van der Waals surface area contributed by atoms with E-state index in [2.05, 4.69) is 0 Å². The Morgan fingerprint density at radius 2 is 0.800 bits per heavy atom. The molecule has 0 atom stereocenters. The summed E-state index contributed by atoms with van der Waals surface area (Å²) in [5.74, 6) is -0.0785. The lowest BCUT2D eigenvalue weighted by Crippen LogP contribution is -2.47. The Hall–Kier alpha value is -4.38. The highest BCUT2D eigenvalue weighted by Crippen LogP contribution is 2.13. The number of aliphatic hydroxyl groups excluding tert-OH is 1. The van der Waals surface area contributed by atoms with Gasteiger partial charge in [0.2, 0.25) is 11.8 Å². The zero-order chi connectivity index (χ0) is 34.8. The molecule has 50 heavy (non-hydrogen) atoms. The summed E-state index contributed by atoms with van der Waals surface area (Å²) in [6.07, 6.45) is -0.818. The molecule has 0 aromatic heterocycles. The first kappa shape index (κ1) is 36.9. The standard InChI is InChI=1S/C41H50N4O5/c46-39-31-42(27-35-13-5-1-6-14-35)33-40(47)44(29-37-17-9-3-10-18-37)21-23-49-25-26-50-24-22-45(30-38-19-11-4-12-20-38)41(48)34-43(32-39)28-36-15-7-2-8-16-36/h1-20,39,46H,21-34H2. The summed E-state index contributed by atoms with van der Waals surface area (Å²) in [4.78, 5) is 35.6. The van der Waals surface area contributed by atoms with E-state index in [1.54, 1.807) is 0 Å². The van der Waals surface area contributed by atoms with Crippen molar-refractivity contribution in [2.75, 3.05) is 65.7 Å². The van der Waals surface area contributed by atoms with E-state index < -0.39 is 6.10 Å². The molecule has 1 N–H and O–H groups in total. The molecule has 0 spiro atoms. The van der Waals surface area contributed by atoms with Crippen molar-refractivity contribution < 1.29 is 24.2 Å². The maximum Gasteiger partial charge on any atom is 0.237 e. The van der Waals surface area contributed by atoms with Crippen molar-refractivity contribution in [2.24, 2.45) is 0 Å². The van der Waals surface area contributed by atoms with Gasteiger partial charge in [-0.3, -0.25) is 19.4 Å². The second-order valence-electron chi connectivity index (χ2n) is 12.8. The molecule has 0 radical (unpaired) electrons. The summed E-state index contributed by atoms with van der Waals surface area (Å²) in [5, 5.41) is 11.6. The molecule has 0 saturated carbocycles. The van der Waals surface area contributed by atoms with Crippen molar-refractivity contribution in [3.63, 3.8) is 0 Å². The SMILES string of the molecule is O=C1CN(Cc2ccccc2)CC(O)CN(Cc2ccccc2)CC(=O)N(Cc2ccccc2)CCOCCOCCN1Cc1ccccc1. The fourth-order valence-corrected chi connectivity index (χ4v) is 6.15. The number of carbonyl (C=O) groups is 2. The summed E-state index contributed by atoms with van der Waals surface area (Å²) in [6.45, 7) is 5.08. The lowest BCUT2D eigenvalue weighted by Gasteiger charge is -2.32. The first-order chi connectivity index (χ1) is 24.5. The molecule has 4 aromatic carbocycles. The zero-order valence-corrected chi connectivity index (χ0v) is 28.9. The van der Waals surface area contributed by atoms with Crippen LogP contribution in [-0.2, 0) is 45.2 Å². The molecule has 4 aromatic rings. The van der Waals surface area contributed by atoms with Gasteiger partial charge in [0.1, 0.15) is 0 Å². The van der Waals surface area contributed by atoms with E-state index in [1.165, 1.54) is 0 Å². The topological polar surface area (TPSA) is 85.8 Å². The molecule has 0 unspecified atom stereocenters. The van der Waals surface area contributed by atoms with E-state index in [9.17, 15) is 14.7 Å². The zero-order valence-electron chi connectivity index (χ0n) is 28.9. The van der Waals surface area contributed by atoms with Crippen LogP contribution in [-0.4, -0.2) is 108 Å². The molecule has 1 fully saturated rings. The number of carbonyl (C=O) groups excluding carboxylic acids is 2. The predicted octanol–water partition coefficient (Wildman–Crippen LogP) is 4.46. The molecule has 0 aliphatic carbocycles. The number of hydrogen-bond acceptors (Lipinski definition) is 7. The summed E-state index contributed by atoms with van der Waals surface area (Å²) in [6, 6.07) is 39.9. The Morgan fingerprint density at radius 3 is 1.14 bits per heavy atom. The minimum atomic E-state index is -0.818. The van der Waals surface area contributed by atoms with Crippen LogP contribution >= 0.6 is 0 Å². The number of amides is 2. The predicted molar refractivity (Wildman–Crippen MR) is 195 cm³/mol. The minimum absolute atomic E-state index is 0.0392. The van der Waals surface area contributed by atoms with Crippen molar-refractivity contribution >= 4 is 11.8 Å². The van der Waals surface area contributed by atoms with Gasteiger partial charge in [-0.2, -0.15) is 0 Å². The van der Waals surface area contributed by atoms with Crippen LogP contribution in [0.25, 0.3) is 0 Å². The average Bonchev–Trinajstić information content (AvgIpc) is 3.13. The Kier molecular flexibility index (Phi) is 15.0. The number of ether oxygens (including phenoxy) is 2. The summed E-state index contributed by atoms with van der Waals surface area (Å²) >= 11 is 0. The highest BCUT2D eigenvalue weighted by atomic mass is 16.5. The third kappa shape index (κ3) is 12.8. The number of β-amino-alcohol motifs (C(OH)–C–C–N with tert-alkyl or cyclic N) is 1. The normalized spacial score (nSPS) is 17.6. The van der Waals surface area contributed by atoms with Gasteiger partial charge in [-0.15, -0.1) is 0 Å². The fourth-order valence-electron chi connectivity index (χ4n) is 6.15. The van der Waals surface area contributed by atoms with E-state index in [0.29, 0.717) is 65.7 Å². The van der Waals surface area contributed by atoms with Crippen LogP contribution in [0.2, 0.25) is 0 Å². The Labute approximate surface area is 296 Å². The van der Waals surface area contributed by atoms with Crippen molar-refractivity contribution in [1.82, 2.24) is 19.6 Å². The minimum Gasteiger partial charge on any atom is -0.390 e. The number of aliphatic hydroxyl groups is 1. The molecule has 1 aliphatic rings. The van der Waals surface area contributed by atoms with Crippen LogP contribution in [0.1, 0.15) is 22.3 Å². The monoisotopic (exact) mass is 678 g/mol. The largest absolute Gasteiger partial charge is 0.390 e.